The number of carbonyl (C=O) groups excluding carboxylic acids is 1. The van der Waals surface area contributed by atoms with Gasteiger partial charge in [-0.3, -0.25) is 14.6 Å². The van der Waals surface area contributed by atoms with Gasteiger partial charge < -0.3 is 14.4 Å². The molecule has 222 valence electrons. The van der Waals surface area contributed by atoms with Gasteiger partial charge >= 0.3 is 12.0 Å². The molecule has 0 saturated carbocycles. The maximum atomic E-state index is 15.1. The van der Waals surface area contributed by atoms with Crippen molar-refractivity contribution in [1.82, 2.24) is 24.8 Å². The highest BCUT2D eigenvalue weighted by Gasteiger charge is 2.43. The number of fused-ring (bicyclic) bond motifs is 1. The summed E-state index contributed by atoms with van der Waals surface area (Å²) in [5.74, 6) is -3.80. The predicted octanol–water partition coefficient (Wildman–Crippen LogP) is 3.68. The molecule has 42 heavy (non-hydrogen) atoms. The molecule has 0 aliphatic carbocycles. The number of nitrogens with zero attached hydrogens (tertiary/aromatic N) is 7. The van der Waals surface area contributed by atoms with E-state index in [4.69, 9.17) is 21.1 Å². The third kappa shape index (κ3) is 6.83. The molecule has 1 aromatic carbocycles. The Balaban J connectivity index is 1.33. The number of hydrogen-bond donors (Lipinski definition) is 0. The van der Waals surface area contributed by atoms with Crippen molar-refractivity contribution in [3.8, 4) is 12.1 Å². The van der Waals surface area contributed by atoms with E-state index in [-0.39, 0.29) is 73.8 Å². The number of halogens is 4. The molecule has 0 unspecified atom stereocenters. The van der Waals surface area contributed by atoms with Crippen LogP contribution in [0.4, 0.5) is 19.0 Å². The van der Waals surface area contributed by atoms with Crippen molar-refractivity contribution < 1.29 is 27.4 Å². The molecule has 0 bridgehead atoms. The zero-order valence-corrected chi connectivity index (χ0v) is 23.6. The molecule has 2 aliphatic rings. The van der Waals surface area contributed by atoms with Gasteiger partial charge in [-0.25, -0.2) is 18.2 Å². The van der Waals surface area contributed by atoms with Gasteiger partial charge in [0, 0.05) is 44.3 Å². The van der Waals surface area contributed by atoms with Crippen molar-refractivity contribution in [3.05, 3.63) is 53.1 Å². The minimum absolute atomic E-state index is 0.00274. The fourth-order valence-electron chi connectivity index (χ4n) is 5.26. The lowest BCUT2D eigenvalue weighted by Crippen LogP contribution is -2.54. The maximum absolute atomic E-state index is 15.1. The number of esters is 1. The van der Waals surface area contributed by atoms with Gasteiger partial charge in [0.25, 0.3) is 5.92 Å². The van der Waals surface area contributed by atoms with Gasteiger partial charge in [0.2, 0.25) is 0 Å². The highest BCUT2D eigenvalue weighted by molar-refractivity contribution is 6.30. The second-order valence-corrected chi connectivity index (χ2v) is 10.8. The first-order valence-electron chi connectivity index (χ1n) is 13.4. The number of anilines is 1. The van der Waals surface area contributed by atoms with Crippen LogP contribution in [0.1, 0.15) is 18.4 Å². The van der Waals surface area contributed by atoms with E-state index < -0.39 is 23.8 Å². The minimum Gasteiger partial charge on any atom is -0.462 e. The average Bonchev–Trinajstić information content (AvgIpc) is 3.24. The van der Waals surface area contributed by atoms with E-state index in [9.17, 15) is 18.8 Å². The van der Waals surface area contributed by atoms with Crippen LogP contribution in [0.25, 0.3) is 10.9 Å². The number of pyridine rings is 1. The van der Waals surface area contributed by atoms with Crippen LogP contribution < -0.4 is 9.64 Å². The lowest BCUT2D eigenvalue weighted by molar-refractivity contribution is -0.147. The van der Waals surface area contributed by atoms with Crippen molar-refractivity contribution >= 4 is 34.3 Å². The number of piperazine rings is 1. The van der Waals surface area contributed by atoms with Gasteiger partial charge in [0.1, 0.15) is 24.5 Å². The van der Waals surface area contributed by atoms with E-state index >= 15 is 4.39 Å². The number of alkyl halides is 2. The topological polar surface area (TPSA) is 108 Å². The number of ether oxygens (including phenoxy) is 2. The van der Waals surface area contributed by atoms with Crippen LogP contribution in [0, 0.1) is 17.1 Å². The van der Waals surface area contributed by atoms with Gasteiger partial charge in [0.15, 0.2) is 11.0 Å². The molecule has 3 aromatic rings. The molecule has 2 fully saturated rings. The summed E-state index contributed by atoms with van der Waals surface area (Å²) in [7, 11) is 1.58. The largest absolute Gasteiger partial charge is 0.462 e. The first-order chi connectivity index (χ1) is 20.1. The minimum atomic E-state index is -2.83. The van der Waals surface area contributed by atoms with E-state index in [1.807, 2.05) is 40.1 Å². The number of likely N-dealkylation sites (tertiary alicyclic amines) is 1. The summed E-state index contributed by atoms with van der Waals surface area (Å²) in [6, 6.07) is 10.4. The SMILES string of the molecule is CN1CC(F)(F)C[C@H]1COc1nc(N2CCN(CC(=O)OCc3ccccc3)[C@@H](CC#N)C2)c2cnc(Cl)c(F)c2n1. The molecular weight excluding hydrogens is 575 g/mol. The summed E-state index contributed by atoms with van der Waals surface area (Å²) >= 11 is 5.93. The Kier molecular flexibility index (Phi) is 8.96. The Bertz CT molecular complexity index is 1480. The molecule has 0 amide bonds. The van der Waals surface area contributed by atoms with Crippen molar-refractivity contribution in [1.29, 1.82) is 5.26 Å². The van der Waals surface area contributed by atoms with Gasteiger partial charge in [-0.1, -0.05) is 41.9 Å². The van der Waals surface area contributed by atoms with Gasteiger partial charge in [-0.2, -0.15) is 15.2 Å². The van der Waals surface area contributed by atoms with Crippen molar-refractivity contribution in [2.45, 2.75) is 37.5 Å². The van der Waals surface area contributed by atoms with Crippen molar-refractivity contribution in [3.63, 3.8) is 0 Å². The molecule has 4 heterocycles. The number of aromatic nitrogens is 3. The quantitative estimate of drug-likeness (QED) is 0.265. The van der Waals surface area contributed by atoms with Crippen LogP contribution in [0.2, 0.25) is 5.15 Å². The van der Waals surface area contributed by atoms with Crippen LogP contribution in [-0.2, 0) is 16.1 Å². The fraction of sp³-hybridized carbons (Fsp3) is 0.464. The van der Waals surface area contributed by atoms with Gasteiger partial charge in [-0.15, -0.1) is 0 Å². The fourth-order valence-corrected chi connectivity index (χ4v) is 5.40. The molecule has 10 nitrogen and oxygen atoms in total. The number of rotatable bonds is 9. The molecule has 0 N–H and O–H groups in total. The number of hydrogen-bond acceptors (Lipinski definition) is 10. The maximum Gasteiger partial charge on any atom is 0.320 e. The molecule has 14 heteroatoms. The van der Waals surface area contributed by atoms with E-state index in [1.54, 1.807) is 7.05 Å². The Morgan fingerprint density at radius 2 is 2.00 bits per heavy atom. The highest BCUT2D eigenvalue weighted by Crippen LogP contribution is 2.33. The van der Waals surface area contributed by atoms with E-state index in [1.165, 1.54) is 11.1 Å². The number of benzene rings is 1. The Morgan fingerprint density at radius 3 is 2.71 bits per heavy atom. The molecule has 0 spiro atoms. The molecule has 0 radical (unpaired) electrons. The van der Waals surface area contributed by atoms with Crippen molar-refractivity contribution in [2.24, 2.45) is 0 Å². The van der Waals surface area contributed by atoms with Crippen molar-refractivity contribution in [2.75, 3.05) is 51.3 Å². The van der Waals surface area contributed by atoms with Gasteiger partial charge in [-0.05, 0) is 12.6 Å². The highest BCUT2D eigenvalue weighted by atomic mass is 35.5. The first-order valence-corrected chi connectivity index (χ1v) is 13.8. The monoisotopic (exact) mass is 603 g/mol. The van der Waals surface area contributed by atoms with Crippen LogP contribution in [0.3, 0.4) is 0 Å². The summed E-state index contributed by atoms with van der Waals surface area (Å²) in [5.41, 5.74) is 0.746. The third-order valence-electron chi connectivity index (χ3n) is 7.45. The number of likely N-dealkylation sites (N-methyl/N-ethyl adjacent to an activating group) is 1. The summed E-state index contributed by atoms with van der Waals surface area (Å²) in [4.78, 5) is 30.4. The van der Waals surface area contributed by atoms with Crippen LogP contribution in [0.5, 0.6) is 6.01 Å². The van der Waals surface area contributed by atoms with E-state index in [2.05, 4.69) is 21.0 Å². The lowest BCUT2D eigenvalue weighted by atomic mass is 10.1. The zero-order valence-electron chi connectivity index (χ0n) is 22.8. The van der Waals surface area contributed by atoms with E-state index in [0.717, 1.165) is 5.56 Å². The molecule has 2 aliphatic heterocycles. The predicted molar refractivity (Wildman–Crippen MR) is 148 cm³/mol. The summed E-state index contributed by atoms with van der Waals surface area (Å²) in [6.45, 7) is 0.692. The normalized spacial score (nSPS) is 20.9. The summed E-state index contributed by atoms with van der Waals surface area (Å²) in [5, 5.41) is 9.40. The Hall–Kier alpha value is -3.73. The average molecular weight is 604 g/mol. The standard InChI is InChI=1S/C28H29ClF3N7O3/c1-37-17-28(31,32)11-20(37)16-42-27-35-24-21(12-34-25(29)23(24)30)26(36-27)39-10-9-38(19(13-39)7-8-33)14-22(40)41-15-18-5-3-2-4-6-18/h2-6,12,19-20H,7,9-11,13-17H2,1H3/t19-,20-/m0/s1. The Labute approximate surface area is 245 Å². The third-order valence-corrected chi connectivity index (χ3v) is 7.71. The van der Waals surface area contributed by atoms with Gasteiger partial charge in [0.05, 0.1) is 31.0 Å². The van der Waals surface area contributed by atoms with Crippen LogP contribution in [-0.4, -0.2) is 95.1 Å². The van der Waals surface area contributed by atoms with Crippen LogP contribution >= 0.6 is 11.6 Å². The molecule has 2 atom stereocenters. The molecule has 2 saturated heterocycles. The van der Waals surface area contributed by atoms with Crippen LogP contribution in [0.15, 0.2) is 36.5 Å². The lowest BCUT2D eigenvalue weighted by Gasteiger charge is -2.40. The summed E-state index contributed by atoms with van der Waals surface area (Å²) in [6.07, 6.45) is 1.10. The zero-order chi connectivity index (χ0) is 29.9. The smallest absolute Gasteiger partial charge is 0.320 e. The molecular formula is C28H29ClF3N7O3. The van der Waals surface area contributed by atoms with E-state index in [0.29, 0.717) is 18.9 Å². The second kappa shape index (κ2) is 12.6. The Morgan fingerprint density at radius 1 is 1.21 bits per heavy atom. The number of nitriles is 1. The summed E-state index contributed by atoms with van der Waals surface area (Å²) < 4.78 is 53.9. The number of carbonyl (C=O) groups is 1. The molecule has 5 rings (SSSR count). The molecule has 2 aromatic heterocycles. The second-order valence-electron chi connectivity index (χ2n) is 10.5. The first kappa shape index (κ1) is 29.8.